The zero-order valence-corrected chi connectivity index (χ0v) is 26.7. The Labute approximate surface area is 278 Å². The lowest BCUT2D eigenvalue weighted by atomic mass is 10.0. The molecule has 6 aromatic carbocycles. The number of hydrogen-bond acceptors (Lipinski definition) is 5. The average molecular weight is 625 g/mol. The van der Waals surface area contributed by atoms with Crippen molar-refractivity contribution in [3.05, 3.63) is 164 Å². The van der Waals surface area contributed by atoms with E-state index < -0.39 is 0 Å². The number of allylic oxidation sites excluding steroid dienone is 1. The zero-order valence-electron chi connectivity index (χ0n) is 26.7. The molecule has 0 aliphatic carbocycles. The van der Waals surface area contributed by atoms with Crippen molar-refractivity contribution in [2.45, 2.75) is 13.8 Å². The lowest BCUT2D eigenvalue weighted by Gasteiger charge is -2.32. The molecule has 5 nitrogen and oxygen atoms in total. The highest BCUT2D eigenvalue weighted by atomic mass is 16.5. The number of fused-ring (bicyclic) bond motifs is 8. The molecule has 3 heterocycles. The maximum atomic E-state index is 6.30. The second-order valence-corrected chi connectivity index (χ2v) is 11.9. The zero-order chi connectivity index (χ0) is 32.8. The van der Waals surface area contributed by atoms with Gasteiger partial charge in [-0.1, -0.05) is 110 Å². The van der Waals surface area contributed by atoms with Gasteiger partial charge in [0.15, 0.2) is 11.5 Å². The van der Waals surface area contributed by atoms with Crippen molar-refractivity contribution in [3.8, 4) is 11.5 Å². The summed E-state index contributed by atoms with van der Waals surface area (Å²) in [4.78, 5) is 6.89. The summed E-state index contributed by atoms with van der Waals surface area (Å²) in [6, 6.07) is 44.3. The molecule has 0 unspecified atom stereocenters. The number of rotatable bonds is 4. The van der Waals surface area contributed by atoms with Crippen LogP contribution in [-0.2, 0) is 0 Å². The Morgan fingerprint density at radius 3 is 2.00 bits per heavy atom. The van der Waals surface area contributed by atoms with E-state index in [2.05, 4.69) is 31.4 Å². The molecule has 0 N–H and O–H groups in total. The summed E-state index contributed by atoms with van der Waals surface area (Å²) >= 11 is 0. The largest absolute Gasteiger partial charge is 0.456 e. The molecule has 0 spiro atoms. The van der Waals surface area contributed by atoms with Gasteiger partial charge in [0.1, 0.15) is 28.2 Å². The lowest BCUT2D eigenvalue weighted by Crippen LogP contribution is -2.20. The average Bonchev–Trinajstić information content (AvgIpc) is 3.68. The summed E-state index contributed by atoms with van der Waals surface area (Å²) in [6.07, 6.45) is 0. The predicted molar refractivity (Wildman–Crippen MR) is 199 cm³/mol. The van der Waals surface area contributed by atoms with Crippen molar-refractivity contribution >= 4 is 66.5 Å². The molecule has 0 amide bonds. The van der Waals surface area contributed by atoms with Crippen LogP contribution < -0.4 is 9.64 Å². The topological polar surface area (TPSA) is 51.1 Å². The van der Waals surface area contributed by atoms with Crippen LogP contribution in [0, 0.1) is 0 Å². The predicted octanol–water partition coefficient (Wildman–Crippen LogP) is 12.4. The summed E-state index contributed by atoms with van der Waals surface area (Å²) in [5, 5.41) is 4.42. The molecule has 0 bridgehead atoms. The summed E-state index contributed by atoms with van der Waals surface area (Å²) in [6.45, 7) is 12.4. The maximum absolute atomic E-state index is 6.30. The van der Waals surface area contributed by atoms with Gasteiger partial charge in [-0.05, 0) is 61.4 Å². The van der Waals surface area contributed by atoms with E-state index >= 15 is 0 Å². The van der Waals surface area contributed by atoms with E-state index in [-0.39, 0.29) is 0 Å². The third-order valence-corrected chi connectivity index (χ3v) is 8.63. The monoisotopic (exact) mass is 624 g/mol. The van der Waals surface area contributed by atoms with Crippen LogP contribution in [0.1, 0.15) is 25.0 Å². The fourth-order valence-electron chi connectivity index (χ4n) is 6.37. The fourth-order valence-corrected chi connectivity index (χ4v) is 6.37. The normalized spacial score (nSPS) is 12.4. The van der Waals surface area contributed by atoms with Gasteiger partial charge in [-0.15, -0.1) is 0 Å². The van der Waals surface area contributed by atoms with Gasteiger partial charge in [-0.3, -0.25) is 4.90 Å². The highest BCUT2D eigenvalue weighted by molar-refractivity contribution is 6.10. The molecule has 2 aromatic heterocycles. The van der Waals surface area contributed by atoms with Crippen molar-refractivity contribution in [1.29, 1.82) is 0 Å². The summed E-state index contributed by atoms with van der Waals surface area (Å²) < 4.78 is 18.2. The lowest BCUT2D eigenvalue weighted by molar-refractivity contribution is 0.476. The quantitative estimate of drug-likeness (QED) is 0.183. The van der Waals surface area contributed by atoms with Crippen molar-refractivity contribution in [3.63, 3.8) is 0 Å². The molecule has 0 atom stereocenters. The van der Waals surface area contributed by atoms with Crippen molar-refractivity contribution in [2.24, 2.45) is 4.99 Å². The third kappa shape index (κ3) is 5.02. The van der Waals surface area contributed by atoms with Gasteiger partial charge in [0.2, 0.25) is 0 Å². The van der Waals surface area contributed by atoms with Crippen LogP contribution in [0.3, 0.4) is 0 Å². The third-order valence-electron chi connectivity index (χ3n) is 8.63. The Balaban J connectivity index is 0.000000176. The Kier molecular flexibility index (Phi) is 7.15. The minimum absolute atomic E-state index is 0.610. The number of hydrogen-bond donors (Lipinski definition) is 0. The summed E-state index contributed by atoms with van der Waals surface area (Å²) in [5.41, 5.74) is 9.46. The standard InChI is InChI=1S/C28H20N2O2.C15H12O/c1-18(20-10-4-3-5-11-20)29-19(2)30-23-13-7-9-15-26(23)32-28-16-22-21-12-6-8-14-25(21)31-27(22)17-24(28)30;1-10(2)11-7-5-9-14-15(11)12-6-3-4-8-13(12)16-14/h3-17H,2H2,1H3;3-9H,1H2,2H3/b29-18+;. The molecular formula is C43H32N2O3. The van der Waals surface area contributed by atoms with E-state index in [0.717, 1.165) is 78.2 Å². The molecule has 0 radical (unpaired) electrons. The van der Waals surface area contributed by atoms with Crippen molar-refractivity contribution in [2.75, 3.05) is 4.90 Å². The number of ether oxygens (including phenoxy) is 1. The molecule has 0 fully saturated rings. The SMILES string of the molecule is C=C(/N=C(\C)c1ccccc1)N1c2ccccc2Oc2cc3c(cc21)oc1ccccc13.C=C(C)c1cccc2oc3ccccc3c12. The number of para-hydroxylation sites is 4. The molecule has 1 aliphatic heterocycles. The molecule has 48 heavy (non-hydrogen) atoms. The van der Waals surface area contributed by atoms with E-state index in [0.29, 0.717) is 5.82 Å². The molecule has 9 rings (SSSR count). The first-order valence-electron chi connectivity index (χ1n) is 15.8. The minimum Gasteiger partial charge on any atom is -0.456 e. The van der Waals surface area contributed by atoms with Gasteiger partial charge in [-0.2, -0.15) is 0 Å². The van der Waals surface area contributed by atoms with Crippen LogP contribution in [0.4, 0.5) is 11.4 Å². The highest BCUT2D eigenvalue weighted by Gasteiger charge is 2.28. The van der Waals surface area contributed by atoms with Crippen LogP contribution >= 0.6 is 0 Å². The van der Waals surface area contributed by atoms with Crippen molar-refractivity contribution < 1.29 is 13.6 Å². The minimum atomic E-state index is 0.610. The Hall–Kier alpha value is -6.33. The summed E-state index contributed by atoms with van der Waals surface area (Å²) in [5.74, 6) is 2.12. The second kappa shape index (κ2) is 11.8. The number of nitrogens with zero attached hydrogens (tertiary/aromatic N) is 2. The van der Waals surface area contributed by atoms with Crippen LogP contribution in [0.5, 0.6) is 11.5 Å². The van der Waals surface area contributed by atoms with Crippen LogP contribution in [0.2, 0.25) is 0 Å². The van der Waals surface area contributed by atoms with Crippen LogP contribution in [-0.4, -0.2) is 5.71 Å². The maximum Gasteiger partial charge on any atom is 0.152 e. The molecule has 0 saturated heterocycles. The van der Waals surface area contributed by atoms with Gasteiger partial charge in [0.25, 0.3) is 0 Å². The van der Waals surface area contributed by atoms with E-state index in [1.807, 2.05) is 134 Å². The Bertz CT molecular complexity index is 2550. The van der Waals surface area contributed by atoms with Gasteiger partial charge in [0.05, 0.1) is 11.4 Å². The van der Waals surface area contributed by atoms with Gasteiger partial charge in [0, 0.05) is 33.3 Å². The smallest absolute Gasteiger partial charge is 0.152 e. The molecule has 8 aromatic rings. The number of benzene rings is 6. The molecule has 232 valence electrons. The van der Waals surface area contributed by atoms with Crippen LogP contribution in [0.25, 0.3) is 49.5 Å². The number of anilines is 2. The molecule has 5 heteroatoms. The Morgan fingerprint density at radius 1 is 0.562 bits per heavy atom. The first-order valence-corrected chi connectivity index (χ1v) is 15.8. The Morgan fingerprint density at radius 2 is 1.21 bits per heavy atom. The fraction of sp³-hybridized carbons (Fsp3) is 0.0465. The van der Waals surface area contributed by atoms with E-state index in [1.165, 1.54) is 10.9 Å². The van der Waals surface area contributed by atoms with Gasteiger partial charge >= 0.3 is 0 Å². The first kappa shape index (κ1) is 29.1. The number of furan rings is 2. The molecular weight excluding hydrogens is 592 g/mol. The van der Waals surface area contributed by atoms with Gasteiger partial charge < -0.3 is 13.6 Å². The van der Waals surface area contributed by atoms with E-state index in [1.54, 1.807) is 0 Å². The van der Waals surface area contributed by atoms with Gasteiger partial charge in [-0.25, -0.2) is 4.99 Å². The molecule has 0 saturated carbocycles. The summed E-state index contributed by atoms with van der Waals surface area (Å²) in [7, 11) is 0. The van der Waals surface area contributed by atoms with Crippen molar-refractivity contribution in [1.82, 2.24) is 0 Å². The second-order valence-electron chi connectivity index (χ2n) is 11.9. The highest BCUT2D eigenvalue weighted by Crippen LogP contribution is 2.50. The van der Waals surface area contributed by atoms with E-state index in [4.69, 9.17) is 18.6 Å². The molecule has 1 aliphatic rings. The van der Waals surface area contributed by atoms with Crippen LogP contribution in [0.15, 0.2) is 166 Å². The first-order chi connectivity index (χ1) is 23.5. The van der Waals surface area contributed by atoms with E-state index in [9.17, 15) is 0 Å². The number of aliphatic imine (C=N–C) groups is 1.